The smallest absolute Gasteiger partial charge is 0.0295 e. The summed E-state index contributed by atoms with van der Waals surface area (Å²) in [5.74, 6) is 2.75. The van der Waals surface area contributed by atoms with Crippen molar-refractivity contribution in [3.63, 3.8) is 0 Å². The van der Waals surface area contributed by atoms with Crippen molar-refractivity contribution >= 4 is 0 Å². The summed E-state index contributed by atoms with van der Waals surface area (Å²) in [4.78, 5) is 0. The second-order valence-electron chi connectivity index (χ2n) is 4.70. The Morgan fingerprint density at radius 2 is 2.00 bits per heavy atom. The molecule has 0 nitrogen and oxygen atoms in total. The van der Waals surface area contributed by atoms with Crippen molar-refractivity contribution in [1.29, 1.82) is 0 Å². The first-order valence-corrected chi connectivity index (χ1v) is 4.45. The predicted molar refractivity (Wildman–Crippen MR) is 43.5 cm³/mol. The molecule has 3 atom stereocenters. The minimum absolute atomic E-state index is 0.644. The first-order valence-electron chi connectivity index (χ1n) is 4.45. The molecule has 0 heteroatoms. The molecule has 0 aliphatic heterocycles. The maximum Gasteiger partial charge on any atom is -0.0295 e. The molecule has 3 aliphatic rings. The van der Waals surface area contributed by atoms with Crippen LogP contribution in [0.15, 0.2) is 0 Å². The zero-order valence-electron chi connectivity index (χ0n) is 7.06. The summed E-state index contributed by atoms with van der Waals surface area (Å²) >= 11 is 0. The van der Waals surface area contributed by atoms with Crippen molar-refractivity contribution in [1.82, 2.24) is 0 Å². The van der Waals surface area contributed by atoms with Crippen LogP contribution in [0.5, 0.6) is 0 Å². The maximum atomic E-state index is 4.21. The summed E-state index contributed by atoms with van der Waals surface area (Å²) in [7, 11) is 0. The molecular weight excluding hydrogens is 120 g/mol. The van der Waals surface area contributed by atoms with Crippen molar-refractivity contribution in [3.05, 3.63) is 6.92 Å². The standard InChI is InChI=1S/C10H17/c1-7-4-5-8-6-9(7)10(8,2)3/h7-9H,1,4-6H2,2-3H3/t7-,8-,9-/m0/s1. The van der Waals surface area contributed by atoms with Crippen molar-refractivity contribution in [2.45, 2.75) is 33.1 Å². The average molecular weight is 137 g/mol. The SMILES string of the molecule is [CH2][C@H]1CC[C@H]2C[C@@H]1C2(C)C. The van der Waals surface area contributed by atoms with E-state index in [2.05, 4.69) is 20.8 Å². The van der Waals surface area contributed by atoms with E-state index in [-0.39, 0.29) is 0 Å². The molecule has 57 valence electrons. The topological polar surface area (TPSA) is 0 Å². The molecule has 0 unspecified atom stereocenters. The molecule has 0 spiro atoms. The highest BCUT2D eigenvalue weighted by Gasteiger charge is 2.52. The summed E-state index contributed by atoms with van der Waals surface area (Å²) in [5.41, 5.74) is 0.644. The maximum absolute atomic E-state index is 4.21. The highest BCUT2D eigenvalue weighted by Crippen LogP contribution is 2.60. The van der Waals surface area contributed by atoms with Crippen LogP contribution in [0.25, 0.3) is 0 Å². The third-order valence-corrected chi connectivity index (χ3v) is 4.00. The van der Waals surface area contributed by atoms with E-state index in [9.17, 15) is 0 Å². The van der Waals surface area contributed by atoms with Gasteiger partial charge in [0, 0.05) is 0 Å². The van der Waals surface area contributed by atoms with Gasteiger partial charge in [-0.3, -0.25) is 0 Å². The van der Waals surface area contributed by atoms with Gasteiger partial charge in [-0.05, 0) is 49.4 Å². The van der Waals surface area contributed by atoms with Crippen molar-refractivity contribution in [3.8, 4) is 0 Å². The Morgan fingerprint density at radius 3 is 2.30 bits per heavy atom. The summed E-state index contributed by atoms with van der Waals surface area (Å²) in [6, 6.07) is 0. The van der Waals surface area contributed by atoms with Gasteiger partial charge >= 0.3 is 0 Å². The lowest BCUT2D eigenvalue weighted by Gasteiger charge is -2.59. The quantitative estimate of drug-likeness (QED) is 0.481. The molecule has 3 saturated carbocycles. The molecule has 0 aromatic heterocycles. The van der Waals surface area contributed by atoms with E-state index >= 15 is 0 Å². The first-order chi connectivity index (χ1) is 4.62. The fraction of sp³-hybridized carbons (Fsp3) is 0.900. The zero-order chi connectivity index (χ0) is 7.35. The Labute approximate surface area is 64.0 Å². The van der Waals surface area contributed by atoms with Crippen LogP contribution in [0.4, 0.5) is 0 Å². The molecule has 0 N–H and O–H groups in total. The van der Waals surface area contributed by atoms with Crippen LogP contribution in [0.3, 0.4) is 0 Å². The molecule has 3 rings (SSSR count). The van der Waals surface area contributed by atoms with E-state index in [1.54, 1.807) is 0 Å². The molecule has 2 bridgehead atoms. The minimum atomic E-state index is 0.644. The molecule has 0 heterocycles. The van der Waals surface area contributed by atoms with Crippen LogP contribution in [0.2, 0.25) is 0 Å². The highest BCUT2D eigenvalue weighted by molar-refractivity contribution is 5.03. The molecule has 0 amide bonds. The van der Waals surface area contributed by atoms with Gasteiger partial charge in [0.05, 0.1) is 0 Å². The van der Waals surface area contributed by atoms with Crippen LogP contribution >= 0.6 is 0 Å². The predicted octanol–water partition coefficient (Wildman–Crippen LogP) is 2.89. The van der Waals surface area contributed by atoms with E-state index in [1.165, 1.54) is 19.3 Å². The van der Waals surface area contributed by atoms with Gasteiger partial charge in [-0.25, -0.2) is 0 Å². The van der Waals surface area contributed by atoms with Crippen molar-refractivity contribution < 1.29 is 0 Å². The van der Waals surface area contributed by atoms with Crippen LogP contribution in [0.1, 0.15) is 33.1 Å². The van der Waals surface area contributed by atoms with Gasteiger partial charge < -0.3 is 0 Å². The minimum Gasteiger partial charge on any atom is -0.0594 e. The molecule has 0 aromatic rings. The van der Waals surface area contributed by atoms with Crippen LogP contribution in [-0.4, -0.2) is 0 Å². The first kappa shape index (κ1) is 6.69. The molecule has 3 aliphatic carbocycles. The van der Waals surface area contributed by atoms with Crippen molar-refractivity contribution in [2.75, 3.05) is 0 Å². The number of rotatable bonds is 0. The summed E-state index contributed by atoms with van der Waals surface area (Å²) in [5, 5.41) is 0. The Bertz CT molecular complexity index is 144. The van der Waals surface area contributed by atoms with Crippen molar-refractivity contribution in [2.24, 2.45) is 23.2 Å². The molecule has 0 aromatic carbocycles. The lowest BCUT2D eigenvalue weighted by Crippen LogP contribution is -2.51. The summed E-state index contributed by atoms with van der Waals surface area (Å²) in [6.45, 7) is 9.05. The monoisotopic (exact) mass is 137 g/mol. The summed E-state index contributed by atoms with van der Waals surface area (Å²) < 4.78 is 0. The Morgan fingerprint density at radius 1 is 1.30 bits per heavy atom. The van der Waals surface area contributed by atoms with Gasteiger partial charge in [-0.2, -0.15) is 0 Å². The van der Waals surface area contributed by atoms with Gasteiger partial charge in [-0.1, -0.05) is 13.8 Å². The Balaban J connectivity index is 2.16. The lowest BCUT2D eigenvalue weighted by molar-refractivity contribution is -0.0912. The van der Waals surface area contributed by atoms with E-state index in [1.807, 2.05) is 0 Å². The normalized spacial score (nSPS) is 50.1. The Kier molecular flexibility index (Phi) is 1.19. The van der Waals surface area contributed by atoms with Gasteiger partial charge in [0.25, 0.3) is 0 Å². The fourth-order valence-corrected chi connectivity index (χ4v) is 2.96. The van der Waals surface area contributed by atoms with Crippen LogP contribution in [-0.2, 0) is 0 Å². The lowest BCUT2D eigenvalue weighted by atomic mass is 9.46. The second kappa shape index (κ2) is 1.78. The largest absolute Gasteiger partial charge is 0.0594 e. The molecule has 10 heavy (non-hydrogen) atoms. The molecule has 3 fully saturated rings. The van der Waals surface area contributed by atoms with Gasteiger partial charge in [0.1, 0.15) is 0 Å². The number of hydrogen-bond acceptors (Lipinski definition) is 0. The number of hydrogen-bond donors (Lipinski definition) is 0. The third kappa shape index (κ3) is 0.627. The Hall–Kier alpha value is 0. The van der Waals surface area contributed by atoms with Gasteiger partial charge in [0.2, 0.25) is 0 Å². The van der Waals surface area contributed by atoms with Gasteiger partial charge in [-0.15, -0.1) is 0 Å². The van der Waals surface area contributed by atoms with Gasteiger partial charge in [0.15, 0.2) is 0 Å². The zero-order valence-corrected chi connectivity index (χ0v) is 7.06. The summed E-state index contributed by atoms with van der Waals surface area (Å²) in [6.07, 6.45) is 4.30. The molecule has 1 radical (unpaired) electrons. The van der Waals surface area contributed by atoms with E-state index in [0.29, 0.717) is 5.41 Å². The van der Waals surface area contributed by atoms with E-state index in [0.717, 1.165) is 17.8 Å². The van der Waals surface area contributed by atoms with Crippen LogP contribution < -0.4 is 0 Å². The van der Waals surface area contributed by atoms with E-state index < -0.39 is 0 Å². The van der Waals surface area contributed by atoms with E-state index in [4.69, 9.17) is 0 Å². The molecule has 0 saturated heterocycles. The average Bonchev–Trinajstić information content (AvgIpc) is 1.87. The highest BCUT2D eigenvalue weighted by atomic mass is 14.6. The fourth-order valence-electron chi connectivity index (χ4n) is 2.96. The second-order valence-corrected chi connectivity index (χ2v) is 4.70. The van der Waals surface area contributed by atoms with Crippen LogP contribution in [0, 0.1) is 30.1 Å². The number of fused-ring (bicyclic) bond motifs is 2. The molecular formula is C10H17. The third-order valence-electron chi connectivity index (χ3n) is 4.00.